The number of hydrogen-bond acceptors (Lipinski definition) is 4. The number of hydrogen-bond donors (Lipinski definition) is 1. The van der Waals surface area contributed by atoms with Gasteiger partial charge >= 0.3 is 0 Å². The summed E-state index contributed by atoms with van der Waals surface area (Å²) in [5.41, 5.74) is 2.27. The largest absolute Gasteiger partial charge is 0.352 e. The number of nitrogens with one attached hydrogen (secondary N) is 1. The third kappa shape index (κ3) is 3.24. The van der Waals surface area contributed by atoms with Crippen LogP contribution in [0.4, 0.5) is 10.3 Å². The van der Waals surface area contributed by atoms with Crippen LogP contribution in [-0.4, -0.2) is 25.4 Å². The van der Waals surface area contributed by atoms with Crippen LogP contribution in [0.1, 0.15) is 20.3 Å². The van der Waals surface area contributed by atoms with Gasteiger partial charge in [-0.25, -0.2) is 14.4 Å². The Balaban J connectivity index is 2.17. The van der Waals surface area contributed by atoms with Crippen LogP contribution < -0.4 is 10.9 Å². The molecule has 3 rings (SSSR count). The lowest BCUT2D eigenvalue weighted by atomic mass is 10.0. The molecule has 1 atom stereocenters. The van der Waals surface area contributed by atoms with Crippen molar-refractivity contribution in [2.45, 2.75) is 26.3 Å². The monoisotopic (exact) mass is 355 g/mol. The van der Waals surface area contributed by atoms with E-state index in [0.717, 1.165) is 6.42 Å². The van der Waals surface area contributed by atoms with Gasteiger partial charge in [0.05, 0.1) is 17.0 Å². The molecule has 0 fully saturated rings. The maximum atomic E-state index is 13.3. The van der Waals surface area contributed by atoms with E-state index in [9.17, 15) is 9.18 Å². The Kier molecular flexibility index (Phi) is 4.88. The number of aromatic nitrogens is 4. The first-order valence-electron chi connectivity index (χ1n) is 8.54. The van der Waals surface area contributed by atoms with Crippen molar-refractivity contribution < 1.29 is 4.39 Å². The van der Waals surface area contributed by atoms with Gasteiger partial charge in [-0.3, -0.25) is 14.2 Å². The van der Waals surface area contributed by atoms with Crippen molar-refractivity contribution in [3.63, 3.8) is 0 Å². The molecule has 0 bridgehead atoms. The van der Waals surface area contributed by atoms with Gasteiger partial charge in [0.1, 0.15) is 5.82 Å². The predicted molar refractivity (Wildman–Crippen MR) is 100 cm³/mol. The topological polar surface area (TPSA) is 64.7 Å². The van der Waals surface area contributed by atoms with Crippen LogP contribution in [0.15, 0.2) is 41.3 Å². The average molecular weight is 355 g/mol. The zero-order valence-corrected chi connectivity index (χ0v) is 15.3. The van der Waals surface area contributed by atoms with E-state index in [2.05, 4.69) is 29.1 Å². The molecule has 0 radical (unpaired) electrons. The Bertz CT molecular complexity index is 975. The molecule has 0 aliphatic rings. The van der Waals surface area contributed by atoms with Crippen molar-refractivity contribution in [2.75, 3.05) is 5.32 Å². The van der Waals surface area contributed by atoms with Crippen LogP contribution in [0, 0.1) is 5.82 Å². The second-order valence-electron chi connectivity index (χ2n) is 6.30. The zero-order valence-electron chi connectivity index (χ0n) is 15.3. The predicted octanol–water partition coefficient (Wildman–Crippen LogP) is 3.20. The fourth-order valence-electron chi connectivity index (χ4n) is 2.76. The smallest absolute Gasteiger partial charge is 0.274 e. The molecule has 26 heavy (non-hydrogen) atoms. The molecule has 2 aromatic heterocycles. The average Bonchev–Trinajstić information content (AvgIpc) is 2.86. The van der Waals surface area contributed by atoms with Crippen LogP contribution in [0.3, 0.4) is 0 Å². The number of benzene rings is 1. The number of halogens is 1. The highest BCUT2D eigenvalue weighted by Crippen LogP contribution is 2.29. The molecular weight excluding hydrogens is 333 g/mol. The van der Waals surface area contributed by atoms with Gasteiger partial charge in [0.2, 0.25) is 5.95 Å². The maximum Gasteiger partial charge on any atom is 0.274 e. The molecule has 0 aliphatic heterocycles. The van der Waals surface area contributed by atoms with Crippen molar-refractivity contribution in [1.82, 2.24) is 19.3 Å². The lowest BCUT2D eigenvalue weighted by molar-refractivity contribution is 0.583. The molecule has 7 heteroatoms. The molecule has 3 aromatic rings. The normalized spacial score (nSPS) is 12.2. The Morgan fingerprint density at radius 2 is 1.85 bits per heavy atom. The summed E-state index contributed by atoms with van der Waals surface area (Å²) < 4.78 is 16.6. The van der Waals surface area contributed by atoms with E-state index in [-0.39, 0.29) is 17.4 Å². The molecule has 1 N–H and O–H groups in total. The molecule has 6 nitrogen and oxygen atoms in total. The van der Waals surface area contributed by atoms with E-state index >= 15 is 0 Å². The summed E-state index contributed by atoms with van der Waals surface area (Å²) >= 11 is 0. The molecular formula is C19H22FN5O. The van der Waals surface area contributed by atoms with Crippen molar-refractivity contribution in [3.8, 4) is 22.5 Å². The lowest BCUT2D eigenvalue weighted by Gasteiger charge is -2.13. The maximum absolute atomic E-state index is 13.3. The molecule has 2 heterocycles. The van der Waals surface area contributed by atoms with Crippen molar-refractivity contribution >= 4 is 5.95 Å². The third-order valence-electron chi connectivity index (χ3n) is 4.54. The Morgan fingerprint density at radius 1 is 1.15 bits per heavy atom. The number of anilines is 1. The minimum absolute atomic E-state index is 0.163. The van der Waals surface area contributed by atoms with Crippen molar-refractivity contribution in [3.05, 3.63) is 52.7 Å². The highest BCUT2D eigenvalue weighted by molar-refractivity contribution is 5.79. The third-order valence-corrected chi connectivity index (χ3v) is 4.54. The fourth-order valence-corrected chi connectivity index (χ4v) is 2.76. The summed E-state index contributed by atoms with van der Waals surface area (Å²) in [6.07, 6.45) is 2.61. The van der Waals surface area contributed by atoms with Gasteiger partial charge in [0, 0.05) is 26.3 Å². The zero-order chi connectivity index (χ0) is 18.8. The van der Waals surface area contributed by atoms with Crippen LogP contribution in [0.5, 0.6) is 0 Å². The van der Waals surface area contributed by atoms with E-state index in [1.807, 2.05) is 0 Å². The summed E-state index contributed by atoms with van der Waals surface area (Å²) in [6, 6.07) is 7.91. The standard InChI is InChI=1S/C19H22FN5O/c1-5-12(2)22-19-21-11-10-15(23-19)17-16(18(26)25(4)24(17)3)13-6-8-14(20)9-7-13/h6-12H,5H2,1-4H3,(H,21,22,23)/t12-/m0/s1. The summed E-state index contributed by atoms with van der Waals surface area (Å²) in [5, 5.41) is 3.24. The highest BCUT2D eigenvalue weighted by atomic mass is 19.1. The minimum Gasteiger partial charge on any atom is -0.352 e. The van der Waals surface area contributed by atoms with Crippen molar-refractivity contribution in [1.29, 1.82) is 0 Å². The second-order valence-corrected chi connectivity index (χ2v) is 6.30. The SMILES string of the molecule is CC[C@H](C)Nc1nccc(-c2c(-c3ccc(F)cc3)c(=O)n(C)n2C)n1. The highest BCUT2D eigenvalue weighted by Gasteiger charge is 2.21. The van der Waals surface area contributed by atoms with E-state index in [1.54, 1.807) is 43.2 Å². The minimum atomic E-state index is -0.342. The number of nitrogens with zero attached hydrogens (tertiary/aromatic N) is 4. The van der Waals surface area contributed by atoms with Gasteiger partial charge < -0.3 is 5.32 Å². The number of rotatable bonds is 5. The quantitative estimate of drug-likeness (QED) is 0.763. The Hall–Kier alpha value is -2.96. The molecule has 0 saturated heterocycles. The van der Waals surface area contributed by atoms with E-state index in [1.165, 1.54) is 16.8 Å². The van der Waals surface area contributed by atoms with Gasteiger partial charge in [-0.1, -0.05) is 19.1 Å². The molecule has 0 aliphatic carbocycles. The summed E-state index contributed by atoms with van der Waals surface area (Å²) in [6.45, 7) is 4.13. The van der Waals surface area contributed by atoms with E-state index in [4.69, 9.17) is 0 Å². The molecule has 0 unspecified atom stereocenters. The van der Waals surface area contributed by atoms with E-state index in [0.29, 0.717) is 28.5 Å². The van der Waals surface area contributed by atoms with Gasteiger partial charge in [-0.15, -0.1) is 0 Å². The fraction of sp³-hybridized carbons (Fsp3) is 0.316. The molecule has 136 valence electrons. The van der Waals surface area contributed by atoms with Crippen molar-refractivity contribution in [2.24, 2.45) is 14.1 Å². The first-order valence-corrected chi connectivity index (χ1v) is 8.54. The molecule has 0 amide bonds. The Labute approximate surface area is 151 Å². The first kappa shape index (κ1) is 17.8. The van der Waals surface area contributed by atoms with E-state index < -0.39 is 0 Å². The van der Waals surface area contributed by atoms with Crippen LogP contribution in [0.25, 0.3) is 22.5 Å². The Morgan fingerprint density at radius 3 is 2.50 bits per heavy atom. The van der Waals surface area contributed by atoms with Gasteiger partial charge in [-0.05, 0) is 37.1 Å². The first-order chi connectivity index (χ1) is 12.4. The molecule has 0 saturated carbocycles. The second kappa shape index (κ2) is 7.11. The molecule has 1 aromatic carbocycles. The summed E-state index contributed by atoms with van der Waals surface area (Å²) in [4.78, 5) is 21.6. The molecule has 0 spiro atoms. The van der Waals surface area contributed by atoms with Gasteiger partial charge in [0.15, 0.2) is 0 Å². The van der Waals surface area contributed by atoms with Gasteiger partial charge in [0.25, 0.3) is 5.56 Å². The van der Waals surface area contributed by atoms with Crippen LogP contribution in [0.2, 0.25) is 0 Å². The summed E-state index contributed by atoms with van der Waals surface area (Å²) in [7, 11) is 3.49. The van der Waals surface area contributed by atoms with Crippen LogP contribution in [-0.2, 0) is 14.1 Å². The lowest BCUT2D eigenvalue weighted by Crippen LogP contribution is -2.17. The van der Waals surface area contributed by atoms with Gasteiger partial charge in [-0.2, -0.15) is 0 Å². The van der Waals surface area contributed by atoms with Crippen LogP contribution >= 0.6 is 0 Å². The summed E-state index contributed by atoms with van der Waals surface area (Å²) in [5.74, 6) is 0.170.